The van der Waals surface area contributed by atoms with Crippen LogP contribution in [0.1, 0.15) is 15.9 Å². The lowest BCUT2D eigenvalue weighted by Gasteiger charge is -2.09. The molecule has 3 N–H and O–H groups in total. The normalized spacial score (nSPS) is 10.3. The minimum absolute atomic E-state index is 0.118. The first-order valence-electron chi connectivity index (χ1n) is 5.60. The predicted octanol–water partition coefficient (Wildman–Crippen LogP) is 3.11. The van der Waals surface area contributed by atoms with Crippen LogP contribution < -0.4 is 11.1 Å². The van der Waals surface area contributed by atoms with Crippen molar-refractivity contribution in [1.29, 1.82) is 0 Å². The minimum Gasteiger partial charge on any atom is -0.394 e. The van der Waals surface area contributed by atoms with E-state index in [1.165, 1.54) is 0 Å². The van der Waals surface area contributed by atoms with Crippen molar-refractivity contribution in [2.45, 2.75) is 6.92 Å². The molecule has 98 valence electrons. The highest BCUT2D eigenvalue weighted by Crippen LogP contribution is 2.19. The van der Waals surface area contributed by atoms with Crippen LogP contribution in [0.3, 0.4) is 0 Å². The molecule has 0 saturated heterocycles. The molecule has 3 nitrogen and oxygen atoms in total. The molecule has 0 aliphatic rings. The first-order chi connectivity index (χ1) is 8.99. The summed E-state index contributed by atoms with van der Waals surface area (Å²) in [6, 6.07) is 8.93. The van der Waals surface area contributed by atoms with Crippen LogP contribution in [-0.2, 0) is 0 Å². The highest BCUT2D eigenvalue weighted by Gasteiger charge is 2.13. The maximum atomic E-state index is 13.3. The maximum Gasteiger partial charge on any atom is 0.255 e. The molecule has 0 aliphatic carbocycles. The molecule has 0 heterocycles. The lowest BCUT2D eigenvalue weighted by atomic mass is 10.1. The van der Waals surface area contributed by atoms with Crippen molar-refractivity contribution in [1.82, 2.24) is 0 Å². The lowest BCUT2D eigenvalue weighted by Crippen LogP contribution is -2.14. The average molecular weight is 262 g/mol. The molecule has 0 atom stereocenters. The smallest absolute Gasteiger partial charge is 0.255 e. The number of aryl methyl sites for hydroxylation is 1. The van der Waals surface area contributed by atoms with Crippen LogP contribution in [0.15, 0.2) is 36.4 Å². The molecule has 0 bridgehead atoms. The fourth-order valence-electron chi connectivity index (χ4n) is 1.62. The van der Waals surface area contributed by atoms with Crippen molar-refractivity contribution >= 4 is 17.3 Å². The van der Waals surface area contributed by atoms with Crippen molar-refractivity contribution in [2.24, 2.45) is 0 Å². The number of hydrogen-bond donors (Lipinski definition) is 2. The molecule has 5 heteroatoms. The number of anilines is 2. The Kier molecular flexibility index (Phi) is 3.46. The lowest BCUT2D eigenvalue weighted by molar-refractivity contribution is 0.102. The predicted molar refractivity (Wildman–Crippen MR) is 69.9 cm³/mol. The molecule has 1 amide bonds. The largest absolute Gasteiger partial charge is 0.394 e. The van der Waals surface area contributed by atoms with Crippen LogP contribution in [0, 0.1) is 18.6 Å². The van der Waals surface area contributed by atoms with Gasteiger partial charge in [0.1, 0.15) is 17.3 Å². The molecule has 0 aliphatic heterocycles. The number of rotatable bonds is 2. The highest BCUT2D eigenvalue weighted by molar-refractivity contribution is 6.04. The molecule has 0 saturated carbocycles. The van der Waals surface area contributed by atoms with E-state index in [1.54, 1.807) is 12.1 Å². The zero-order valence-corrected chi connectivity index (χ0v) is 10.2. The van der Waals surface area contributed by atoms with Gasteiger partial charge in [-0.3, -0.25) is 4.79 Å². The van der Waals surface area contributed by atoms with Gasteiger partial charge < -0.3 is 11.1 Å². The SMILES string of the molecule is Cc1ccccc1NC(=O)c1cc(F)c(N)c(F)c1. The first-order valence-corrected chi connectivity index (χ1v) is 5.60. The fraction of sp³-hybridized carbons (Fsp3) is 0.0714. The number of amides is 1. The van der Waals surface area contributed by atoms with Gasteiger partial charge in [0.25, 0.3) is 5.91 Å². The third kappa shape index (κ3) is 2.70. The number of carbonyl (C=O) groups is 1. The van der Waals surface area contributed by atoms with E-state index in [4.69, 9.17) is 5.73 Å². The average Bonchev–Trinajstić information content (AvgIpc) is 2.38. The van der Waals surface area contributed by atoms with E-state index < -0.39 is 23.2 Å². The van der Waals surface area contributed by atoms with Crippen molar-refractivity contribution in [3.63, 3.8) is 0 Å². The van der Waals surface area contributed by atoms with Crippen molar-refractivity contribution in [3.8, 4) is 0 Å². The Labute approximate surface area is 109 Å². The summed E-state index contributed by atoms with van der Waals surface area (Å²) in [5.74, 6) is -2.49. The molecule has 0 radical (unpaired) electrons. The number of nitrogens with two attached hydrogens (primary N) is 1. The van der Waals surface area contributed by atoms with E-state index in [2.05, 4.69) is 5.32 Å². The number of nitrogens with one attached hydrogen (secondary N) is 1. The van der Waals surface area contributed by atoms with E-state index in [0.717, 1.165) is 17.7 Å². The number of hydrogen-bond acceptors (Lipinski definition) is 2. The second-order valence-corrected chi connectivity index (χ2v) is 4.12. The van der Waals surface area contributed by atoms with Gasteiger partial charge in [-0.25, -0.2) is 8.78 Å². The highest BCUT2D eigenvalue weighted by atomic mass is 19.1. The Morgan fingerprint density at radius 2 is 1.74 bits per heavy atom. The van der Waals surface area contributed by atoms with Gasteiger partial charge in [-0.05, 0) is 30.7 Å². The summed E-state index contributed by atoms with van der Waals surface area (Å²) in [6.45, 7) is 1.82. The Bertz CT molecular complexity index is 618. The molecular weight excluding hydrogens is 250 g/mol. The summed E-state index contributed by atoms with van der Waals surface area (Å²) in [7, 11) is 0. The maximum absolute atomic E-state index is 13.3. The van der Waals surface area contributed by atoms with Gasteiger partial charge in [-0.15, -0.1) is 0 Å². The Balaban J connectivity index is 2.28. The van der Waals surface area contributed by atoms with E-state index in [0.29, 0.717) is 5.69 Å². The summed E-state index contributed by atoms with van der Waals surface area (Å²) >= 11 is 0. The van der Waals surface area contributed by atoms with Gasteiger partial charge in [0, 0.05) is 11.3 Å². The minimum atomic E-state index is -0.949. The van der Waals surface area contributed by atoms with Crippen LogP contribution in [0.2, 0.25) is 0 Å². The molecule has 0 unspecified atom stereocenters. The molecule has 2 aromatic rings. The van der Waals surface area contributed by atoms with Crippen LogP contribution in [-0.4, -0.2) is 5.91 Å². The second-order valence-electron chi connectivity index (χ2n) is 4.12. The standard InChI is InChI=1S/C14H12F2N2O/c1-8-4-2-3-5-12(8)18-14(19)9-6-10(15)13(17)11(16)7-9/h2-7H,17H2,1H3,(H,18,19). The van der Waals surface area contributed by atoms with Crippen LogP contribution in [0.25, 0.3) is 0 Å². The summed E-state index contributed by atoms with van der Waals surface area (Å²) in [4.78, 5) is 11.9. The molecule has 2 rings (SSSR count). The van der Waals surface area contributed by atoms with Crippen molar-refractivity contribution in [3.05, 3.63) is 59.2 Å². The number of benzene rings is 2. The van der Waals surface area contributed by atoms with Crippen molar-refractivity contribution in [2.75, 3.05) is 11.1 Å². The number of para-hydroxylation sites is 1. The molecule has 0 fully saturated rings. The van der Waals surface area contributed by atoms with Gasteiger partial charge in [-0.2, -0.15) is 0 Å². The quantitative estimate of drug-likeness (QED) is 0.817. The second kappa shape index (κ2) is 5.06. The number of halogens is 2. The molecule has 19 heavy (non-hydrogen) atoms. The third-order valence-corrected chi connectivity index (χ3v) is 2.73. The van der Waals surface area contributed by atoms with E-state index >= 15 is 0 Å². The number of carbonyl (C=O) groups excluding carboxylic acids is 1. The zero-order valence-electron chi connectivity index (χ0n) is 10.2. The van der Waals surface area contributed by atoms with Crippen molar-refractivity contribution < 1.29 is 13.6 Å². The Morgan fingerprint density at radius 3 is 2.32 bits per heavy atom. The summed E-state index contributed by atoms with van der Waals surface area (Å²) in [6.07, 6.45) is 0. The van der Waals surface area contributed by atoms with Crippen LogP contribution in [0.4, 0.5) is 20.2 Å². The van der Waals surface area contributed by atoms with E-state index in [-0.39, 0.29) is 5.56 Å². The van der Waals surface area contributed by atoms with Gasteiger partial charge in [-0.1, -0.05) is 18.2 Å². The molecule has 0 aromatic heterocycles. The fourth-order valence-corrected chi connectivity index (χ4v) is 1.62. The van der Waals surface area contributed by atoms with Gasteiger partial charge >= 0.3 is 0 Å². The van der Waals surface area contributed by atoms with Gasteiger partial charge in [0.15, 0.2) is 0 Å². The van der Waals surface area contributed by atoms with E-state index in [9.17, 15) is 13.6 Å². The van der Waals surface area contributed by atoms with Crippen LogP contribution in [0.5, 0.6) is 0 Å². The topological polar surface area (TPSA) is 55.1 Å². The summed E-state index contributed by atoms with van der Waals surface area (Å²) in [5, 5.41) is 2.59. The first kappa shape index (κ1) is 13.0. The summed E-state index contributed by atoms with van der Waals surface area (Å²) in [5.41, 5.74) is 5.88. The van der Waals surface area contributed by atoms with E-state index in [1.807, 2.05) is 19.1 Å². The monoisotopic (exact) mass is 262 g/mol. The van der Waals surface area contributed by atoms with Gasteiger partial charge in [0.2, 0.25) is 0 Å². The third-order valence-electron chi connectivity index (χ3n) is 2.73. The summed E-state index contributed by atoms with van der Waals surface area (Å²) < 4.78 is 26.5. The van der Waals surface area contributed by atoms with Crippen LogP contribution >= 0.6 is 0 Å². The Hall–Kier alpha value is -2.43. The molecule has 0 spiro atoms. The molecule has 2 aromatic carbocycles. The molecular formula is C14H12F2N2O. The zero-order chi connectivity index (χ0) is 14.0. The van der Waals surface area contributed by atoms with Gasteiger partial charge in [0.05, 0.1) is 0 Å². The number of nitrogen functional groups attached to an aromatic ring is 1. The Morgan fingerprint density at radius 1 is 1.16 bits per heavy atom.